The van der Waals surface area contributed by atoms with Crippen LogP contribution in [0.4, 0.5) is 5.69 Å². The predicted octanol–water partition coefficient (Wildman–Crippen LogP) is 1.92. The number of aromatic carboxylic acids is 1. The molecule has 2 N–H and O–H groups in total. The molecule has 7 nitrogen and oxygen atoms in total. The molecule has 0 saturated heterocycles. The van der Waals surface area contributed by atoms with Crippen LogP contribution in [0.2, 0.25) is 0 Å². The molecular weight excluding hydrogens is 270 g/mol. The Morgan fingerprint density at radius 3 is 2.76 bits per heavy atom. The molecule has 0 aromatic carbocycles. The molecule has 0 fully saturated rings. The minimum Gasteiger partial charge on any atom is -0.476 e. The number of aromatic nitrogens is 4. The van der Waals surface area contributed by atoms with E-state index >= 15 is 0 Å². The summed E-state index contributed by atoms with van der Waals surface area (Å²) in [5.41, 5.74) is 1.52. The first-order valence-electron chi connectivity index (χ1n) is 6.80. The second kappa shape index (κ2) is 6.34. The maximum Gasteiger partial charge on any atom is 0.356 e. The van der Waals surface area contributed by atoms with Crippen molar-refractivity contribution in [2.45, 2.75) is 33.2 Å². The van der Waals surface area contributed by atoms with E-state index in [0.29, 0.717) is 24.6 Å². The largest absolute Gasteiger partial charge is 0.476 e. The van der Waals surface area contributed by atoms with E-state index < -0.39 is 5.97 Å². The van der Waals surface area contributed by atoms with Gasteiger partial charge in [0.15, 0.2) is 5.69 Å². The van der Waals surface area contributed by atoms with Crippen LogP contribution in [0.5, 0.6) is 0 Å². The van der Waals surface area contributed by atoms with Gasteiger partial charge in [-0.25, -0.2) is 14.8 Å². The van der Waals surface area contributed by atoms with Gasteiger partial charge >= 0.3 is 5.97 Å². The van der Waals surface area contributed by atoms with Crippen molar-refractivity contribution in [1.29, 1.82) is 0 Å². The highest BCUT2D eigenvalue weighted by Gasteiger charge is 2.15. The Morgan fingerprint density at radius 2 is 2.19 bits per heavy atom. The number of carboxylic acid groups (broad SMARTS) is 1. The quantitative estimate of drug-likeness (QED) is 0.844. The summed E-state index contributed by atoms with van der Waals surface area (Å²) in [4.78, 5) is 19.6. The summed E-state index contributed by atoms with van der Waals surface area (Å²) in [7, 11) is 0. The number of hydrogen-bond donors (Lipinski definition) is 2. The highest BCUT2D eigenvalue weighted by Crippen LogP contribution is 2.16. The molecule has 0 spiro atoms. The lowest BCUT2D eigenvalue weighted by molar-refractivity contribution is 0.0691. The molecule has 21 heavy (non-hydrogen) atoms. The van der Waals surface area contributed by atoms with Crippen LogP contribution < -0.4 is 5.32 Å². The standard InChI is InChI=1S/C14H19N5O2/c1-9(2)13-16-7-11(12(18-13)14(20)21)15-4-5-19-8-10(3)6-17-19/h6-9,15H,4-5H2,1-3H3,(H,20,21). The van der Waals surface area contributed by atoms with E-state index in [1.165, 1.54) is 6.20 Å². The maximum absolute atomic E-state index is 11.3. The Labute approximate surface area is 123 Å². The van der Waals surface area contributed by atoms with Crippen molar-refractivity contribution in [2.75, 3.05) is 11.9 Å². The number of nitrogens with zero attached hydrogens (tertiary/aromatic N) is 4. The van der Waals surface area contributed by atoms with E-state index in [1.54, 1.807) is 10.9 Å². The molecular formula is C14H19N5O2. The Bertz CT molecular complexity index is 636. The molecule has 0 aliphatic heterocycles. The summed E-state index contributed by atoms with van der Waals surface area (Å²) in [6.45, 7) is 7.00. The molecule has 0 radical (unpaired) electrons. The molecule has 0 aliphatic carbocycles. The third kappa shape index (κ3) is 3.77. The minimum absolute atomic E-state index is 0.00495. The molecule has 2 aromatic rings. The van der Waals surface area contributed by atoms with E-state index in [-0.39, 0.29) is 11.6 Å². The van der Waals surface area contributed by atoms with Gasteiger partial charge in [-0.15, -0.1) is 0 Å². The fourth-order valence-corrected chi connectivity index (χ4v) is 1.86. The van der Waals surface area contributed by atoms with Crippen molar-refractivity contribution >= 4 is 11.7 Å². The molecule has 0 amide bonds. The van der Waals surface area contributed by atoms with Gasteiger partial charge in [0.05, 0.1) is 24.6 Å². The normalized spacial score (nSPS) is 10.9. The average molecular weight is 289 g/mol. The van der Waals surface area contributed by atoms with Gasteiger partial charge in [0.1, 0.15) is 5.82 Å². The molecule has 0 unspecified atom stereocenters. The average Bonchev–Trinajstić information content (AvgIpc) is 2.84. The topological polar surface area (TPSA) is 92.9 Å². The first kappa shape index (κ1) is 15.0. The Balaban J connectivity index is 2.06. The highest BCUT2D eigenvalue weighted by molar-refractivity contribution is 5.91. The monoisotopic (exact) mass is 289 g/mol. The van der Waals surface area contributed by atoms with Crippen LogP contribution in [0, 0.1) is 6.92 Å². The highest BCUT2D eigenvalue weighted by atomic mass is 16.4. The van der Waals surface area contributed by atoms with Gasteiger partial charge in [-0.2, -0.15) is 5.10 Å². The van der Waals surface area contributed by atoms with Crippen LogP contribution in [0.25, 0.3) is 0 Å². The lowest BCUT2D eigenvalue weighted by Crippen LogP contribution is -2.16. The number of anilines is 1. The smallest absolute Gasteiger partial charge is 0.356 e. The number of carbonyl (C=O) groups is 1. The number of aryl methyl sites for hydroxylation is 1. The summed E-state index contributed by atoms with van der Waals surface area (Å²) >= 11 is 0. The summed E-state index contributed by atoms with van der Waals surface area (Å²) in [6.07, 6.45) is 5.24. The van der Waals surface area contributed by atoms with Crippen molar-refractivity contribution in [1.82, 2.24) is 19.7 Å². The van der Waals surface area contributed by atoms with Gasteiger partial charge in [0.25, 0.3) is 0 Å². The van der Waals surface area contributed by atoms with E-state index in [9.17, 15) is 9.90 Å². The Morgan fingerprint density at radius 1 is 1.43 bits per heavy atom. The molecule has 7 heteroatoms. The Hall–Kier alpha value is -2.44. The van der Waals surface area contributed by atoms with E-state index in [2.05, 4.69) is 20.4 Å². The zero-order valence-electron chi connectivity index (χ0n) is 12.4. The predicted molar refractivity (Wildman–Crippen MR) is 78.5 cm³/mol. The number of carboxylic acids is 1. The minimum atomic E-state index is -1.06. The fourth-order valence-electron chi connectivity index (χ4n) is 1.86. The number of rotatable bonds is 6. The van der Waals surface area contributed by atoms with Crippen LogP contribution in [0.3, 0.4) is 0 Å². The molecule has 2 aromatic heterocycles. The lowest BCUT2D eigenvalue weighted by atomic mass is 10.2. The van der Waals surface area contributed by atoms with E-state index in [0.717, 1.165) is 5.56 Å². The summed E-state index contributed by atoms with van der Waals surface area (Å²) in [5.74, 6) is -0.443. The van der Waals surface area contributed by atoms with Gasteiger partial charge in [-0.1, -0.05) is 13.8 Å². The maximum atomic E-state index is 11.3. The van der Waals surface area contributed by atoms with Crippen LogP contribution >= 0.6 is 0 Å². The third-order valence-corrected chi connectivity index (χ3v) is 2.95. The SMILES string of the molecule is Cc1cnn(CCNc2cnc(C(C)C)nc2C(=O)O)c1. The van der Waals surface area contributed by atoms with Crippen molar-refractivity contribution < 1.29 is 9.90 Å². The van der Waals surface area contributed by atoms with Crippen LogP contribution in [-0.2, 0) is 6.54 Å². The van der Waals surface area contributed by atoms with Crippen molar-refractivity contribution in [3.8, 4) is 0 Å². The first-order chi connectivity index (χ1) is 9.97. The van der Waals surface area contributed by atoms with Crippen molar-refractivity contribution in [2.24, 2.45) is 0 Å². The molecule has 0 saturated carbocycles. The molecule has 0 aliphatic rings. The molecule has 0 atom stereocenters. The van der Waals surface area contributed by atoms with Gasteiger partial charge in [-0.3, -0.25) is 4.68 Å². The van der Waals surface area contributed by atoms with E-state index in [1.807, 2.05) is 27.0 Å². The molecule has 2 heterocycles. The van der Waals surface area contributed by atoms with Crippen molar-refractivity contribution in [3.63, 3.8) is 0 Å². The molecule has 0 bridgehead atoms. The second-order valence-corrected chi connectivity index (χ2v) is 5.16. The molecule has 112 valence electrons. The number of hydrogen-bond acceptors (Lipinski definition) is 5. The van der Waals surface area contributed by atoms with Crippen LogP contribution in [0.1, 0.15) is 41.6 Å². The lowest BCUT2D eigenvalue weighted by Gasteiger charge is -2.11. The van der Waals surface area contributed by atoms with E-state index in [4.69, 9.17) is 0 Å². The van der Waals surface area contributed by atoms with Gasteiger partial charge < -0.3 is 10.4 Å². The van der Waals surface area contributed by atoms with Gasteiger partial charge in [0.2, 0.25) is 0 Å². The fraction of sp³-hybridized carbons (Fsp3) is 0.429. The summed E-state index contributed by atoms with van der Waals surface area (Å²) < 4.78 is 1.80. The zero-order chi connectivity index (χ0) is 15.4. The second-order valence-electron chi connectivity index (χ2n) is 5.16. The summed E-state index contributed by atoms with van der Waals surface area (Å²) in [6, 6.07) is 0. The zero-order valence-corrected chi connectivity index (χ0v) is 12.4. The number of nitrogens with one attached hydrogen (secondary N) is 1. The van der Waals surface area contributed by atoms with Crippen LogP contribution in [0.15, 0.2) is 18.6 Å². The first-order valence-corrected chi connectivity index (χ1v) is 6.80. The van der Waals surface area contributed by atoms with Gasteiger partial charge in [-0.05, 0) is 12.5 Å². The van der Waals surface area contributed by atoms with Crippen molar-refractivity contribution in [3.05, 3.63) is 35.7 Å². The summed E-state index contributed by atoms with van der Waals surface area (Å²) in [5, 5.41) is 16.5. The third-order valence-electron chi connectivity index (χ3n) is 2.95. The van der Waals surface area contributed by atoms with Crippen LogP contribution in [-0.4, -0.2) is 37.4 Å². The Kier molecular flexibility index (Phi) is 4.52. The molecule has 2 rings (SSSR count). The van der Waals surface area contributed by atoms with Gasteiger partial charge in [0, 0.05) is 18.7 Å².